The molecule has 8 nitrogen and oxygen atoms in total. The molecule has 8 heteroatoms. The minimum atomic E-state index is -1.27. The van der Waals surface area contributed by atoms with Gasteiger partial charge in [0.25, 0.3) is 5.91 Å². The summed E-state index contributed by atoms with van der Waals surface area (Å²) < 4.78 is 11.0. The van der Waals surface area contributed by atoms with Crippen molar-refractivity contribution < 1.29 is 29.0 Å². The number of benzene rings is 2. The van der Waals surface area contributed by atoms with E-state index in [4.69, 9.17) is 9.47 Å². The fourth-order valence-corrected chi connectivity index (χ4v) is 4.38. The number of hydrogen-bond donors (Lipinski definition) is 3. The summed E-state index contributed by atoms with van der Waals surface area (Å²) in [6.07, 6.45) is 3.15. The van der Waals surface area contributed by atoms with Crippen molar-refractivity contribution in [1.82, 2.24) is 5.32 Å². The van der Waals surface area contributed by atoms with E-state index in [1.54, 1.807) is 18.2 Å². The number of ether oxygens (including phenoxy) is 2. The van der Waals surface area contributed by atoms with E-state index in [2.05, 4.69) is 10.6 Å². The van der Waals surface area contributed by atoms with Crippen molar-refractivity contribution in [1.29, 1.82) is 0 Å². The largest absolute Gasteiger partial charge is 0.486 e. The van der Waals surface area contributed by atoms with Crippen LogP contribution in [0.25, 0.3) is 0 Å². The Morgan fingerprint density at radius 3 is 2.21 bits per heavy atom. The van der Waals surface area contributed by atoms with Crippen molar-refractivity contribution >= 4 is 23.5 Å². The zero-order chi connectivity index (χ0) is 24.3. The van der Waals surface area contributed by atoms with E-state index in [0.717, 1.165) is 25.7 Å². The lowest BCUT2D eigenvalue weighted by Crippen LogP contribution is -2.51. The molecule has 1 fully saturated rings. The van der Waals surface area contributed by atoms with Crippen molar-refractivity contribution in [3.05, 3.63) is 53.6 Å². The Hall–Kier alpha value is -3.55. The van der Waals surface area contributed by atoms with Crippen molar-refractivity contribution in [2.24, 2.45) is 5.92 Å². The van der Waals surface area contributed by atoms with Gasteiger partial charge in [0, 0.05) is 17.2 Å². The molecule has 3 N–H and O–H groups in total. The van der Waals surface area contributed by atoms with Crippen LogP contribution in [0.5, 0.6) is 11.5 Å². The number of fused-ring (bicyclic) bond motifs is 1. The van der Waals surface area contributed by atoms with Crippen LogP contribution in [0.15, 0.2) is 42.5 Å². The molecule has 0 unspecified atom stereocenters. The molecule has 0 saturated heterocycles. The minimum absolute atomic E-state index is 0.167. The van der Waals surface area contributed by atoms with Gasteiger partial charge in [-0.15, -0.1) is 0 Å². The number of nitrogens with one attached hydrogen (secondary N) is 2. The van der Waals surface area contributed by atoms with Crippen LogP contribution in [-0.4, -0.2) is 41.6 Å². The van der Waals surface area contributed by atoms with E-state index in [9.17, 15) is 19.5 Å². The highest BCUT2D eigenvalue weighted by Gasteiger charge is 2.33. The lowest BCUT2D eigenvalue weighted by Gasteiger charge is -2.30. The van der Waals surface area contributed by atoms with E-state index in [-0.39, 0.29) is 17.7 Å². The Bertz CT molecular complexity index is 1070. The maximum atomic E-state index is 12.6. The van der Waals surface area contributed by atoms with E-state index >= 15 is 0 Å². The third-order valence-corrected chi connectivity index (χ3v) is 6.51. The summed E-state index contributed by atoms with van der Waals surface area (Å²) in [6.45, 7) is 3.95. The fraction of sp³-hybridized carbons (Fsp3) is 0.423. The second kappa shape index (κ2) is 9.75. The molecule has 0 aromatic heterocycles. The van der Waals surface area contributed by atoms with Gasteiger partial charge in [-0.3, -0.25) is 9.59 Å². The van der Waals surface area contributed by atoms with E-state index in [1.165, 1.54) is 19.4 Å². The van der Waals surface area contributed by atoms with Gasteiger partial charge in [0.15, 0.2) is 11.5 Å². The molecule has 4 rings (SSSR count). The maximum absolute atomic E-state index is 12.6. The molecular formula is C26H30N2O6. The first-order chi connectivity index (χ1) is 16.2. The van der Waals surface area contributed by atoms with Gasteiger partial charge in [-0.2, -0.15) is 0 Å². The highest BCUT2D eigenvalue weighted by atomic mass is 16.6. The summed E-state index contributed by atoms with van der Waals surface area (Å²) >= 11 is 0. The van der Waals surface area contributed by atoms with Crippen LogP contribution in [0, 0.1) is 5.92 Å². The van der Waals surface area contributed by atoms with Gasteiger partial charge in [0.2, 0.25) is 5.91 Å². The van der Waals surface area contributed by atoms with Gasteiger partial charge in [-0.25, -0.2) is 4.79 Å². The standard InChI is InChI=1S/C26H30N2O6/c1-26(2,25(31)32)28-24(30)18-5-3-16(4-6-18)17-7-10-20(11-8-17)27-23(29)19-9-12-21-22(15-19)34-14-13-33-21/h7-12,15-16,18H,3-6,13-14H2,1-2H3,(H,27,29)(H,28,30)(H,31,32). The number of carboxylic acids is 1. The fourth-order valence-electron chi connectivity index (χ4n) is 4.38. The van der Waals surface area contributed by atoms with Crippen molar-refractivity contribution in [3.8, 4) is 11.5 Å². The lowest BCUT2D eigenvalue weighted by atomic mass is 9.78. The van der Waals surface area contributed by atoms with Crippen LogP contribution in [0.1, 0.15) is 61.4 Å². The highest BCUT2D eigenvalue weighted by molar-refractivity contribution is 6.04. The molecule has 2 aromatic rings. The number of hydrogen-bond acceptors (Lipinski definition) is 5. The van der Waals surface area contributed by atoms with Gasteiger partial charge < -0.3 is 25.2 Å². The molecule has 180 valence electrons. The Labute approximate surface area is 198 Å². The van der Waals surface area contributed by atoms with Gasteiger partial charge in [-0.1, -0.05) is 12.1 Å². The van der Waals surface area contributed by atoms with E-state index < -0.39 is 11.5 Å². The summed E-state index contributed by atoms with van der Waals surface area (Å²) in [5.41, 5.74) is 1.10. The first kappa shape index (κ1) is 23.6. The van der Waals surface area contributed by atoms with Crippen LogP contribution in [-0.2, 0) is 9.59 Å². The molecule has 1 aliphatic carbocycles. The highest BCUT2D eigenvalue weighted by Crippen LogP contribution is 2.36. The normalized spacial score (nSPS) is 19.7. The first-order valence-corrected chi connectivity index (χ1v) is 11.6. The monoisotopic (exact) mass is 466 g/mol. The Balaban J connectivity index is 1.31. The summed E-state index contributed by atoms with van der Waals surface area (Å²) in [4.78, 5) is 36.4. The van der Waals surface area contributed by atoms with Crippen LogP contribution in [0.4, 0.5) is 5.69 Å². The number of amides is 2. The van der Waals surface area contributed by atoms with E-state index in [0.29, 0.717) is 41.9 Å². The third kappa shape index (κ3) is 5.32. The predicted octanol–water partition coefficient (Wildman–Crippen LogP) is 3.96. The lowest BCUT2D eigenvalue weighted by molar-refractivity contribution is -0.146. The summed E-state index contributed by atoms with van der Waals surface area (Å²) in [6, 6.07) is 12.9. The number of carbonyl (C=O) groups is 3. The topological polar surface area (TPSA) is 114 Å². The maximum Gasteiger partial charge on any atom is 0.328 e. The Kier molecular flexibility index (Phi) is 6.77. The number of rotatable bonds is 6. The van der Waals surface area contributed by atoms with Crippen molar-refractivity contribution in [2.75, 3.05) is 18.5 Å². The average Bonchev–Trinajstić information content (AvgIpc) is 2.84. The molecule has 0 atom stereocenters. The molecule has 0 bridgehead atoms. The van der Waals surface area contributed by atoms with Gasteiger partial charge in [-0.05, 0) is 81.3 Å². The number of aliphatic carboxylic acids is 1. The Morgan fingerprint density at radius 1 is 0.912 bits per heavy atom. The molecule has 34 heavy (non-hydrogen) atoms. The predicted molar refractivity (Wildman–Crippen MR) is 126 cm³/mol. The third-order valence-electron chi connectivity index (χ3n) is 6.51. The Morgan fingerprint density at radius 2 is 1.56 bits per heavy atom. The quantitative estimate of drug-likeness (QED) is 0.594. The van der Waals surface area contributed by atoms with Gasteiger partial charge in [0.1, 0.15) is 18.8 Å². The molecule has 2 aliphatic rings. The molecule has 0 spiro atoms. The van der Waals surface area contributed by atoms with Gasteiger partial charge in [0.05, 0.1) is 0 Å². The first-order valence-electron chi connectivity index (χ1n) is 11.6. The minimum Gasteiger partial charge on any atom is -0.486 e. The zero-order valence-corrected chi connectivity index (χ0v) is 19.4. The molecule has 1 heterocycles. The van der Waals surface area contributed by atoms with E-state index in [1.807, 2.05) is 24.3 Å². The average molecular weight is 467 g/mol. The van der Waals surface area contributed by atoms with Crippen LogP contribution < -0.4 is 20.1 Å². The summed E-state index contributed by atoms with van der Waals surface area (Å²) in [5.74, 6) is -0.0761. The number of carboxylic acid groups (broad SMARTS) is 1. The molecule has 1 aliphatic heterocycles. The molecular weight excluding hydrogens is 436 g/mol. The number of anilines is 1. The molecule has 2 aromatic carbocycles. The van der Waals surface area contributed by atoms with Crippen molar-refractivity contribution in [3.63, 3.8) is 0 Å². The second-order valence-electron chi connectivity index (χ2n) is 9.40. The number of carbonyl (C=O) groups excluding carboxylic acids is 2. The smallest absolute Gasteiger partial charge is 0.328 e. The zero-order valence-electron chi connectivity index (χ0n) is 19.4. The van der Waals surface area contributed by atoms with Crippen LogP contribution >= 0.6 is 0 Å². The summed E-state index contributed by atoms with van der Waals surface area (Å²) in [5, 5.41) is 14.8. The van der Waals surface area contributed by atoms with Crippen LogP contribution in [0.3, 0.4) is 0 Å². The van der Waals surface area contributed by atoms with Crippen LogP contribution in [0.2, 0.25) is 0 Å². The van der Waals surface area contributed by atoms with Gasteiger partial charge >= 0.3 is 5.97 Å². The second-order valence-corrected chi connectivity index (χ2v) is 9.40. The molecule has 1 saturated carbocycles. The summed E-state index contributed by atoms with van der Waals surface area (Å²) in [7, 11) is 0. The molecule has 0 radical (unpaired) electrons. The van der Waals surface area contributed by atoms with Crippen molar-refractivity contribution in [2.45, 2.75) is 51.0 Å². The SMILES string of the molecule is CC(C)(NC(=O)C1CCC(c2ccc(NC(=O)c3ccc4c(c3)OCCO4)cc2)CC1)C(=O)O. The molecule has 2 amide bonds.